The number of urea groups is 1. The van der Waals surface area contributed by atoms with E-state index >= 15 is 0 Å². The lowest BCUT2D eigenvalue weighted by atomic mass is 10.1. The monoisotopic (exact) mass is 466 g/mol. The number of nitrogens with one attached hydrogen (secondary N) is 1. The molecule has 0 bridgehead atoms. The highest BCUT2D eigenvalue weighted by atomic mass is 32.1. The minimum Gasteiger partial charge on any atom is -0.368 e. The maximum absolute atomic E-state index is 13.0. The number of amides is 2. The van der Waals surface area contributed by atoms with E-state index < -0.39 is 0 Å². The summed E-state index contributed by atoms with van der Waals surface area (Å²) in [5, 5.41) is 3.11. The van der Waals surface area contributed by atoms with Crippen molar-refractivity contribution in [3.63, 3.8) is 0 Å². The van der Waals surface area contributed by atoms with Gasteiger partial charge in [0.25, 0.3) is 0 Å². The number of thiazole rings is 1. The van der Waals surface area contributed by atoms with Crippen LogP contribution in [0.5, 0.6) is 0 Å². The van der Waals surface area contributed by atoms with Gasteiger partial charge >= 0.3 is 6.03 Å². The molecule has 0 spiro atoms. The molecule has 4 heterocycles. The number of nitrogen functional groups attached to an aromatic ring is 1. The van der Waals surface area contributed by atoms with Gasteiger partial charge in [-0.1, -0.05) is 12.1 Å². The predicted molar refractivity (Wildman–Crippen MR) is 133 cm³/mol. The molecular formula is C23H30N8OS. The number of hydrogen-bond donors (Lipinski definition) is 2. The summed E-state index contributed by atoms with van der Waals surface area (Å²) >= 11 is 1.45. The number of carbonyl (C=O) groups excluding carboxylic acids is 1. The van der Waals surface area contributed by atoms with Gasteiger partial charge in [0.15, 0.2) is 10.6 Å². The average molecular weight is 467 g/mol. The molecule has 3 aromatic rings. The molecule has 2 saturated heterocycles. The Morgan fingerprint density at radius 1 is 1.21 bits per heavy atom. The first-order valence-corrected chi connectivity index (χ1v) is 12.4. The highest BCUT2D eigenvalue weighted by Gasteiger charge is 2.30. The Hall–Kier alpha value is -2.98. The highest BCUT2D eigenvalue weighted by Crippen LogP contribution is 2.29. The lowest BCUT2D eigenvalue weighted by Crippen LogP contribution is -2.55. The number of carbonyl (C=O) groups is 1. The summed E-state index contributed by atoms with van der Waals surface area (Å²) in [6.07, 6.45) is 2.58. The van der Waals surface area contributed by atoms with Gasteiger partial charge in [-0.2, -0.15) is 4.98 Å². The third-order valence-electron chi connectivity index (χ3n) is 6.52. The third kappa shape index (κ3) is 4.58. The van der Waals surface area contributed by atoms with E-state index in [9.17, 15) is 4.79 Å². The van der Waals surface area contributed by atoms with Crippen molar-refractivity contribution in [2.75, 3.05) is 48.7 Å². The fourth-order valence-electron chi connectivity index (χ4n) is 4.78. The molecule has 2 aliphatic rings. The molecule has 0 saturated carbocycles. The molecule has 1 atom stereocenters. The quantitative estimate of drug-likeness (QED) is 0.608. The summed E-state index contributed by atoms with van der Waals surface area (Å²) in [6.45, 7) is 9.33. The van der Waals surface area contributed by atoms with Crippen LogP contribution in [0.3, 0.4) is 0 Å². The molecule has 174 valence electrons. The Morgan fingerprint density at radius 3 is 2.79 bits per heavy atom. The fourth-order valence-corrected chi connectivity index (χ4v) is 5.44. The average Bonchev–Trinajstić information content (AvgIpc) is 3.47. The zero-order chi connectivity index (χ0) is 22.9. The van der Waals surface area contributed by atoms with Crippen LogP contribution in [0.2, 0.25) is 0 Å². The first kappa shape index (κ1) is 21.8. The molecule has 2 fully saturated rings. The van der Waals surface area contributed by atoms with Gasteiger partial charge in [0.05, 0.1) is 5.51 Å². The van der Waals surface area contributed by atoms with Crippen molar-refractivity contribution in [1.29, 1.82) is 0 Å². The van der Waals surface area contributed by atoms with Crippen molar-refractivity contribution in [2.24, 2.45) is 0 Å². The molecule has 33 heavy (non-hydrogen) atoms. The van der Waals surface area contributed by atoms with Gasteiger partial charge in [-0.15, -0.1) is 11.3 Å². The summed E-state index contributed by atoms with van der Waals surface area (Å²) in [7, 11) is 0. The second-order valence-corrected chi connectivity index (χ2v) is 9.80. The molecule has 2 aromatic heterocycles. The van der Waals surface area contributed by atoms with Crippen LogP contribution in [0.15, 0.2) is 23.7 Å². The molecule has 3 N–H and O–H groups in total. The standard InChI is InChI=1S/C23H30N8OS/c1-15-11-17(13-29-7-3-4-8-29)5-6-18(15)26-23(32)30-9-10-31(16(2)12-30)20-19-21(33-14-25-19)28-22(24)27-20/h5-6,11,14,16H,3-4,7-10,12-13H2,1-2H3,(H,26,32)(H2,24,27,28)/t16-/m0/s1. The van der Waals surface area contributed by atoms with Gasteiger partial charge in [0.1, 0.15) is 5.52 Å². The lowest BCUT2D eigenvalue weighted by molar-refractivity contribution is 0.200. The van der Waals surface area contributed by atoms with Gasteiger partial charge in [-0.05, 0) is 57.0 Å². The maximum Gasteiger partial charge on any atom is 0.321 e. The zero-order valence-electron chi connectivity index (χ0n) is 19.1. The van der Waals surface area contributed by atoms with Crippen LogP contribution < -0.4 is 16.0 Å². The number of nitrogens with zero attached hydrogens (tertiary/aromatic N) is 6. The van der Waals surface area contributed by atoms with Crippen molar-refractivity contribution in [3.8, 4) is 0 Å². The van der Waals surface area contributed by atoms with Gasteiger partial charge in [0, 0.05) is 37.9 Å². The largest absolute Gasteiger partial charge is 0.368 e. The zero-order valence-corrected chi connectivity index (χ0v) is 19.9. The Morgan fingerprint density at radius 2 is 2.03 bits per heavy atom. The minimum absolute atomic E-state index is 0.0714. The third-order valence-corrected chi connectivity index (χ3v) is 7.24. The first-order chi connectivity index (χ1) is 16.0. The molecule has 5 rings (SSSR count). The molecule has 1 aromatic carbocycles. The van der Waals surface area contributed by atoms with Crippen LogP contribution in [-0.2, 0) is 6.54 Å². The molecule has 0 aliphatic carbocycles. The molecule has 0 radical (unpaired) electrons. The molecule has 0 unspecified atom stereocenters. The van der Waals surface area contributed by atoms with E-state index in [0.717, 1.165) is 34.0 Å². The van der Waals surface area contributed by atoms with Crippen LogP contribution in [0.1, 0.15) is 30.9 Å². The van der Waals surface area contributed by atoms with Gasteiger partial charge in [-0.25, -0.2) is 14.8 Å². The second kappa shape index (κ2) is 9.11. The highest BCUT2D eigenvalue weighted by molar-refractivity contribution is 7.16. The normalized spacial score (nSPS) is 19.4. The van der Waals surface area contributed by atoms with Crippen LogP contribution in [-0.4, -0.2) is 69.5 Å². The number of hydrogen-bond acceptors (Lipinski definition) is 8. The number of rotatable bonds is 4. The molecular weight excluding hydrogens is 436 g/mol. The van der Waals surface area contributed by atoms with Crippen LogP contribution in [0.25, 0.3) is 10.3 Å². The summed E-state index contributed by atoms with van der Waals surface area (Å²) in [4.78, 5) is 33.5. The summed E-state index contributed by atoms with van der Waals surface area (Å²) in [5.41, 5.74) is 11.7. The number of anilines is 3. The van der Waals surface area contributed by atoms with Gasteiger partial charge < -0.3 is 20.9 Å². The Bertz CT molecular complexity index is 1160. The molecule has 10 heteroatoms. The van der Waals surface area contributed by atoms with Gasteiger partial charge in [0.2, 0.25) is 5.95 Å². The number of aryl methyl sites for hydroxylation is 1. The van der Waals surface area contributed by atoms with Crippen molar-refractivity contribution in [1.82, 2.24) is 24.8 Å². The number of aromatic nitrogens is 3. The van der Waals surface area contributed by atoms with Crippen molar-refractivity contribution in [2.45, 2.75) is 39.3 Å². The van der Waals surface area contributed by atoms with Crippen molar-refractivity contribution < 1.29 is 4.79 Å². The van der Waals surface area contributed by atoms with Gasteiger partial charge in [-0.3, -0.25) is 4.90 Å². The summed E-state index contributed by atoms with van der Waals surface area (Å²) in [6, 6.07) is 6.35. The van der Waals surface area contributed by atoms with Crippen LogP contribution >= 0.6 is 11.3 Å². The molecule has 9 nitrogen and oxygen atoms in total. The van der Waals surface area contributed by atoms with E-state index in [1.807, 2.05) is 11.0 Å². The Labute approximate surface area is 197 Å². The molecule has 2 amide bonds. The first-order valence-electron chi connectivity index (χ1n) is 11.5. The van der Waals surface area contributed by atoms with E-state index in [-0.39, 0.29) is 18.0 Å². The minimum atomic E-state index is -0.0714. The topological polar surface area (TPSA) is 104 Å². The summed E-state index contributed by atoms with van der Waals surface area (Å²) < 4.78 is 0. The summed E-state index contributed by atoms with van der Waals surface area (Å²) in [5.74, 6) is 0.994. The number of benzene rings is 1. The van der Waals surface area contributed by atoms with E-state index in [2.05, 4.69) is 56.0 Å². The number of likely N-dealkylation sites (tertiary alicyclic amines) is 1. The van der Waals surface area contributed by atoms with E-state index in [1.54, 1.807) is 5.51 Å². The SMILES string of the molecule is Cc1cc(CN2CCCC2)ccc1NC(=O)N1CCN(c2nc(N)nc3scnc23)[C@@H](C)C1. The number of piperazine rings is 1. The molecule has 2 aliphatic heterocycles. The van der Waals surface area contributed by atoms with Crippen LogP contribution in [0, 0.1) is 6.92 Å². The smallest absolute Gasteiger partial charge is 0.321 e. The lowest BCUT2D eigenvalue weighted by Gasteiger charge is -2.40. The fraction of sp³-hybridized carbons (Fsp3) is 0.478. The number of nitrogens with two attached hydrogens (primary N) is 1. The Balaban J connectivity index is 1.23. The van der Waals surface area contributed by atoms with Crippen molar-refractivity contribution in [3.05, 3.63) is 34.8 Å². The van der Waals surface area contributed by atoms with Crippen LogP contribution in [0.4, 0.5) is 22.2 Å². The van der Waals surface area contributed by atoms with E-state index in [0.29, 0.717) is 19.6 Å². The van der Waals surface area contributed by atoms with Crippen molar-refractivity contribution >= 4 is 45.2 Å². The second-order valence-electron chi connectivity index (χ2n) is 8.96. The van der Waals surface area contributed by atoms with E-state index in [1.165, 1.54) is 42.8 Å². The number of fused-ring (bicyclic) bond motifs is 1. The Kier molecular flexibility index (Phi) is 6.03. The predicted octanol–water partition coefficient (Wildman–Crippen LogP) is 3.32. The van der Waals surface area contributed by atoms with E-state index in [4.69, 9.17) is 5.73 Å². The maximum atomic E-state index is 13.0.